The topological polar surface area (TPSA) is 95.9 Å². The van der Waals surface area contributed by atoms with Gasteiger partial charge in [-0.3, -0.25) is 9.59 Å². The number of nitrogens with one attached hydrogen (secondary N) is 1. The molecule has 7 nitrogen and oxygen atoms in total. The van der Waals surface area contributed by atoms with Gasteiger partial charge in [-0.05, 0) is 41.5 Å². The molecule has 0 atom stereocenters. The van der Waals surface area contributed by atoms with E-state index >= 15 is 0 Å². The molecule has 1 heterocycles. The van der Waals surface area contributed by atoms with Gasteiger partial charge in [-0.2, -0.15) is 0 Å². The molecule has 0 radical (unpaired) electrons. The van der Waals surface area contributed by atoms with Crippen molar-refractivity contribution in [3.8, 4) is 11.1 Å². The molecule has 0 spiro atoms. The van der Waals surface area contributed by atoms with Crippen molar-refractivity contribution in [2.24, 2.45) is 5.41 Å². The highest BCUT2D eigenvalue weighted by Crippen LogP contribution is 2.44. The van der Waals surface area contributed by atoms with E-state index in [1.165, 1.54) is 22.3 Å². The first-order chi connectivity index (χ1) is 15.9. The molecule has 0 unspecified atom stereocenters. The molecule has 2 amide bonds. The number of carbonyl (C=O) groups is 3. The van der Waals surface area contributed by atoms with Gasteiger partial charge in [0.1, 0.15) is 12.0 Å². The molecule has 33 heavy (non-hydrogen) atoms. The van der Waals surface area contributed by atoms with Crippen LogP contribution in [-0.4, -0.2) is 54.2 Å². The third-order valence-electron chi connectivity index (χ3n) is 6.90. The van der Waals surface area contributed by atoms with E-state index < -0.39 is 17.5 Å². The van der Waals surface area contributed by atoms with Crippen molar-refractivity contribution in [3.05, 3.63) is 59.7 Å². The lowest BCUT2D eigenvalue weighted by atomic mass is 9.77. The summed E-state index contributed by atoms with van der Waals surface area (Å²) in [5.74, 6) is -0.832. The predicted octanol–water partition coefficient (Wildman–Crippen LogP) is 4.02. The Morgan fingerprint density at radius 2 is 1.64 bits per heavy atom. The van der Waals surface area contributed by atoms with Crippen molar-refractivity contribution in [1.82, 2.24) is 10.2 Å². The fourth-order valence-electron chi connectivity index (χ4n) is 4.77. The van der Waals surface area contributed by atoms with Gasteiger partial charge in [-0.25, -0.2) is 4.79 Å². The molecular formula is C26H30N2O5. The molecule has 2 aromatic carbocycles. The van der Waals surface area contributed by atoms with Crippen LogP contribution in [0.2, 0.25) is 0 Å². The van der Waals surface area contributed by atoms with E-state index in [0.29, 0.717) is 32.2 Å². The van der Waals surface area contributed by atoms with Crippen LogP contribution in [0, 0.1) is 5.41 Å². The van der Waals surface area contributed by atoms with Crippen LogP contribution in [0.3, 0.4) is 0 Å². The number of nitrogens with zero attached hydrogens (tertiary/aromatic N) is 1. The number of amides is 2. The van der Waals surface area contributed by atoms with Crippen LogP contribution in [0.15, 0.2) is 48.5 Å². The van der Waals surface area contributed by atoms with Crippen molar-refractivity contribution in [2.75, 3.05) is 26.2 Å². The molecule has 1 saturated heterocycles. The molecule has 0 saturated carbocycles. The van der Waals surface area contributed by atoms with Crippen molar-refractivity contribution in [2.45, 2.75) is 38.5 Å². The molecule has 1 aliphatic carbocycles. The lowest BCUT2D eigenvalue weighted by Crippen LogP contribution is -2.61. The highest BCUT2D eigenvalue weighted by Gasteiger charge is 2.49. The van der Waals surface area contributed by atoms with E-state index in [9.17, 15) is 19.5 Å². The number of carboxylic acid groups (broad SMARTS) is 1. The number of benzene rings is 2. The van der Waals surface area contributed by atoms with Crippen LogP contribution < -0.4 is 5.32 Å². The molecule has 1 aliphatic heterocycles. The Bertz CT molecular complexity index is 999. The van der Waals surface area contributed by atoms with Gasteiger partial charge in [0.2, 0.25) is 5.91 Å². The van der Waals surface area contributed by atoms with Crippen LogP contribution in [0.1, 0.15) is 49.7 Å². The summed E-state index contributed by atoms with van der Waals surface area (Å²) in [4.78, 5) is 37.4. The Morgan fingerprint density at radius 3 is 2.21 bits per heavy atom. The SMILES string of the molecule is CCC1(C(=O)O)CN(C(=O)CCCCNC(=O)OCC2c3ccccc3-c3ccccc32)C1. The minimum Gasteiger partial charge on any atom is -0.481 e. The van der Waals surface area contributed by atoms with Crippen LogP contribution in [0.5, 0.6) is 0 Å². The summed E-state index contributed by atoms with van der Waals surface area (Å²) >= 11 is 0. The normalized spacial score (nSPS) is 15.8. The first kappa shape index (κ1) is 22.8. The highest BCUT2D eigenvalue weighted by molar-refractivity contribution is 5.83. The maximum Gasteiger partial charge on any atom is 0.407 e. The Kier molecular flexibility index (Phi) is 6.67. The van der Waals surface area contributed by atoms with Crippen LogP contribution in [0.4, 0.5) is 4.79 Å². The largest absolute Gasteiger partial charge is 0.481 e. The van der Waals surface area contributed by atoms with Crippen molar-refractivity contribution in [1.29, 1.82) is 0 Å². The average molecular weight is 451 g/mol. The number of alkyl carbamates (subject to hydrolysis) is 1. The van der Waals surface area contributed by atoms with Crippen LogP contribution >= 0.6 is 0 Å². The zero-order chi connectivity index (χ0) is 23.4. The Balaban J connectivity index is 1.16. The van der Waals surface area contributed by atoms with Gasteiger partial charge < -0.3 is 20.1 Å². The van der Waals surface area contributed by atoms with Gasteiger partial charge in [0, 0.05) is 32.0 Å². The first-order valence-corrected chi connectivity index (χ1v) is 11.6. The number of unbranched alkanes of at least 4 members (excludes halogenated alkanes) is 1. The maximum absolute atomic E-state index is 12.2. The van der Waals surface area contributed by atoms with E-state index in [-0.39, 0.29) is 31.5 Å². The first-order valence-electron chi connectivity index (χ1n) is 11.6. The zero-order valence-electron chi connectivity index (χ0n) is 18.9. The number of aliphatic carboxylic acids is 1. The summed E-state index contributed by atoms with van der Waals surface area (Å²) in [6, 6.07) is 16.4. The quantitative estimate of drug-likeness (QED) is 0.563. The molecule has 0 bridgehead atoms. The minimum absolute atomic E-state index is 0.0262. The van der Waals surface area contributed by atoms with Gasteiger partial charge in [-0.15, -0.1) is 0 Å². The summed E-state index contributed by atoms with van der Waals surface area (Å²) in [5.41, 5.74) is 3.94. The minimum atomic E-state index is -0.832. The van der Waals surface area contributed by atoms with E-state index in [4.69, 9.17) is 4.74 Å². The van der Waals surface area contributed by atoms with E-state index in [0.717, 1.165) is 0 Å². The summed E-state index contributed by atoms with van der Waals surface area (Å²) in [5, 5.41) is 12.1. The monoisotopic (exact) mass is 450 g/mol. The number of rotatable bonds is 9. The van der Waals surface area contributed by atoms with Crippen LogP contribution in [0.25, 0.3) is 11.1 Å². The lowest BCUT2D eigenvalue weighted by molar-refractivity contribution is -0.166. The predicted molar refractivity (Wildman–Crippen MR) is 124 cm³/mol. The van der Waals surface area contributed by atoms with E-state index in [1.54, 1.807) is 4.90 Å². The second-order valence-corrected chi connectivity index (χ2v) is 8.90. The number of fused-ring (bicyclic) bond motifs is 3. The number of hydrogen-bond acceptors (Lipinski definition) is 4. The fraction of sp³-hybridized carbons (Fsp3) is 0.423. The Labute approximate surface area is 193 Å². The van der Waals surface area contributed by atoms with Crippen LogP contribution in [-0.2, 0) is 14.3 Å². The second-order valence-electron chi connectivity index (χ2n) is 8.90. The van der Waals surface area contributed by atoms with Gasteiger partial charge in [0.05, 0.1) is 0 Å². The standard InChI is InChI=1S/C26H30N2O5/c1-2-26(24(30)31)16-28(17-26)23(29)13-7-8-14-27-25(32)33-15-22-20-11-5-3-9-18(20)19-10-4-6-12-21(19)22/h3-6,9-12,22H,2,7-8,13-17H2,1H3,(H,27,32)(H,30,31). The Morgan fingerprint density at radius 1 is 1.03 bits per heavy atom. The average Bonchev–Trinajstić information content (AvgIpc) is 3.10. The summed E-state index contributed by atoms with van der Waals surface area (Å²) < 4.78 is 5.51. The molecule has 7 heteroatoms. The molecular weight excluding hydrogens is 420 g/mol. The smallest absolute Gasteiger partial charge is 0.407 e. The van der Waals surface area contributed by atoms with Crippen molar-refractivity contribution in [3.63, 3.8) is 0 Å². The molecule has 0 aromatic heterocycles. The number of carbonyl (C=O) groups excluding carboxylic acids is 2. The zero-order valence-corrected chi connectivity index (χ0v) is 18.9. The molecule has 174 valence electrons. The number of carboxylic acids is 1. The maximum atomic E-state index is 12.2. The highest BCUT2D eigenvalue weighted by atomic mass is 16.5. The molecule has 2 aromatic rings. The fourth-order valence-corrected chi connectivity index (χ4v) is 4.77. The summed E-state index contributed by atoms with van der Waals surface area (Å²) in [6.45, 7) is 3.12. The molecule has 1 fully saturated rings. The lowest BCUT2D eigenvalue weighted by Gasteiger charge is -2.46. The molecule has 2 aliphatic rings. The van der Waals surface area contributed by atoms with E-state index in [2.05, 4.69) is 29.6 Å². The molecule has 2 N–H and O–H groups in total. The number of ether oxygens (including phenoxy) is 1. The summed E-state index contributed by atoms with van der Waals surface area (Å²) in [6.07, 6.45) is 1.70. The van der Waals surface area contributed by atoms with Gasteiger partial charge in [0.15, 0.2) is 0 Å². The number of hydrogen-bond donors (Lipinski definition) is 2. The van der Waals surface area contributed by atoms with Crippen molar-refractivity contribution < 1.29 is 24.2 Å². The van der Waals surface area contributed by atoms with Crippen molar-refractivity contribution >= 4 is 18.0 Å². The van der Waals surface area contributed by atoms with E-state index in [1.807, 2.05) is 31.2 Å². The van der Waals surface area contributed by atoms with Gasteiger partial charge in [0.25, 0.3) is 0 Å². The van der Waals surface area contributed by atoms with Gasteiger partial charge in [-0.1, -0.05) is 55.5 Å². The second kappa shape index (κ2) is 9.65. The third kappa shape index (κ3) is 4.58. The third-order valence-corrected chi connectivity index (χ3v) is 6.90. The molecule has 4 rings (SSSR count). The van der Waals surface area contributed by atoms with Gasteiger partial charge >= 0.3 is 12.1 Å². The Hall–Kier alpha value is -3.35. The number of likely N-dealkylation sites (tertiary alicyclic amines) is 1. The summed E-state index contributed by atoms with van der Waals surface area (Å²) in [7, 11) is 0.